The number of phosphoric ester groups is 1. The van der Waals surface area contributed by atoms with Gasteiger partial charge < -0.3 is 30.0 Å². The van der Waals surface area contributed by atoms with Crippen LogP contribution in [0.5, 0.6) is 0 Å². The summed E-state index contributed by atoms with van der Waals surface area (Å²) in [7, 11) is -16.6. The van der Waals surface area contributed by atoms with Gasteiger partial charge >= 0.3 is 29.2 Å². The number of phosphoric acid groups is 3. The summed E-state index contributed by atoms with van der Waals surface area (Å²) in [6, 6.07) is 1.26. The number of hydrogen-bond donors (Lipinski definition) is 5. The van der Waals surface area contributed by atoms with Gasteiger partial charge in [-0.3, -0.25) is 9.09 Å². The molecule has 1 aromatic heterocycles. The lowest BCUT2D eigenvalue weighted by Gasteiger charge is -2.19. The average molecular weight is 469 g/mol. The molecule has 1 aliphatic heterocycles. The maximum atomic E-state index is 14.1. The third-order valence-electron chi connectivity index (χ3n) is 3.14. The minimum absolute atomic E-state index is 0.0692. The first kappa shape index (κ1) is 23.3. The van der Waals surface area contributed by atoms with E-state index < -0.39 is 54.3 Å². The van der Waals surface area contributed by atoms with Crippen LogP contribution >= 0.6 is 23.5 Å². The third-order valence-corrected chi connectivity index (χ3v) is 6.94. The van der Waals surface area contributed by atoms with Gasteiger partial charge in [-0.2, -0.15) is 13.6 Å². The zero-order valence-corrected chi connectivity index (χ0v) is 16.2. The van der Waals surface area contributed by atoms with Gasteiger partial charge in [0.2, 0.25) is 0 Å². The first-order valence-corrected chi connectivity index (χ1v) is 11.6. The molecule has 19 heteroatoms. The van der Waals surface area contributed by atoms with E-state index in [4.69, 9.17) is 25.2 Å². The summed E-state index contributed by atoms with van der Waals surface area (Å²) in [5.41, 5.74) is 4.50. The molecular formula is C9H15FN3O12P3. The number of nitrogens with two attached hydrogens (primary N) is 1. The van der Waals surface area contributed by atoms with Crippen LogP contribution in [0.4, 0.5) is 10.2 Å². The summed E-state index contributed by atoms with van der Waals surface area (Å²) in [5, 5.41) is 0. The summed E-state index contributed by atoms with van der Waals surface area (Å²) in [6.07, 6.45) is -3.55. The van der Waals surface area contributed by atoms with Crippen molar-refractivity contribution < 1.29 is 55.5 Å². The van der Waals surface area contributed by atoms with Crippen molar-refractivity contribution in [2.75, 3.05) is 12.3 Å². The number of alkyl halides is 1. The van der Waals surface area contributed by atoms with Gasteiger partial charge in [0, 0.05) is 12.6 Å². The van der Waals surface area contributed by atoms with Crippen LogP contribution in [0, 0.1) is 0 Å². The Hall–Kier alpha value is -1.02. The number of nitrogen functional groups attached to an aromatic ring is 1. The Kier molecular flexibility index (Phi) is 6.96. The highest BCUT2D eigenvalue weighted by Crippen LogP contribution is 2.66. The molecule has 0 saturated carbocycles. The highest BCUT2D eigenvalue weighted by atomic mass is 31.3. The molecule has 160 valence electrons. The summed E-state index contributed by atoms with van der Waals surface area (Å²) in [5.74, 6) is -0.0692. The Morgan fingerprint density at radius 1 is 1.25 bits per heavy atom. The molecule has 0 aromatic carbocycles. The van der Waals surface area contributed by atoms with Crippen molar-refractivity contribution in [1.82, 2.24) is 9.55 Å². The van der Waals surface area contributed by atoms with Crippen molar-refractivity contribution in [1.29, 1.82) is 0 Å². The van der Waals surface area contributed by atoms with Crippen LogP contribution in [-0.2, 0) is 31.6 Å². The monoisotopic (exact) mass is 469 g/mol. The summed E-state index contributed by atoms with van der Waals surface area (Å²) < 4.78 is 64.8. The second-order valence-corrected chi connectivity index (χ2v) is 9.73. The number of nitrogens with zero attached hydrogens (tertiary/aromatic N) is 2. The van der Waals surface area contributed by atoms with Gasteiger partial charge in [0.25, 0.3) is 0 Å². The lowest BCUT2D eigenvalue weighted by Crippen LogP contribution is -2.28. The van der Waals surface area contributed by atoms with Crippen molar-refractivity contribution in [3.8, 4) is 0 Å². The van der Waals surface area contributed by atoms with Crippen LogP contribution in [0.15, 0.2) is 17.1 Å². The molecule has 0 aliphatic carbocycles. The number of aromatic nitrogens is 2. The molecule has 0 bridgehead atoms. The number of anilines is 1. The first-order valence-electron chi connectivity index (χ1n) is 7.10. The normalized spacial score (nSPS) is 27.2. The highest BCUT2D eigenvalue weighted by molar-refractivity contribution is 7.66. The Bertz CT molecular complexity index is 919. The van der Waals surface area contributed by atoms with Crippen molar-refractivity contribution in [2.24, 2.45) is 0 Å². The molecule has 0 spiro atoms. The van der Waals surface area contributed by atoms with E-state index in [0.717, 1.165) is 4.57 Å². The van der Waals surface area contributed by atoms with E-state index in [-0.39, 0.29) is 12.2 Å². The van der Waals surface area contributed by atoms with Crippen LogP contribution in [0.3, 0.4) is 0 Å². The number of ether oxygens (including phenoxy) is 1. The largest absolute Gasteiger partial charge is 0.490 e. The van der Waals surface area contributed by atoms with Crippen molar-refractivity contribution in [2.45, 2.75) is 24.9 Å². The van der Waals surface area contributed by atoms with E-state index in [1.54, 1.807) is 0 Å². The van der Waals surface area contributed by atoms with Crippen LogP contribution in [-0.4, -0.2) is 48.0 Å². The second-order valence-electron chi connectivity index (χ2n) is 5.31. The maximum Gasteiger partial charge on any atom is 0.490 e. The van der Waals surface area contributed by atoms with E-state index >= 15 is 0 Å². The van der Waals surface area contributed by atoms with Crippen LogP contribution < -0.4 is 11.4 Å². The Balaban J connectivity index is 1.98. The lowest BCUT2D eigenvalue weighted by atomic mass is 10.2. The molecule has 0 amide bonds. The van der Waals surface area contributed by atoms with Crippen LogP contribution in [0.1, 0.15) is 12.6 Å². The molecule has 2 unspecified atom stereocenters. The zero-order valence-electron chi connectivity index (χ0n) is 13.5. The smallest absolute Gasteiger partial charge is 0.383 e. The molecule has 6 N–H and O–H groups in total. The minimum Gasteiger partial charge on any atom is -0.383 e. The predicted molar refractivity (Wildman–Crippen MR) is 86.1 cm³/mol. The van der Waals surface area contributed by atoms with Gasteiger partial charge in [-0.05, 0) is 6.07 Å². The van der Waals surface area contributed by atoms with E-state index in [9.17, 15) is 27.8 Å². The Labute approximate surface area is 155 Å². The average Bonchev–Trinajstić information content (AvgIpc) is 2.82. The fraction of sp³-hybridized carbons (Fsp3) is 0.556. The molecule has 1 aliphatic rings. The van der Waals surface area contributed by atoms with Gasteiger partial charge in [-0.1, -0.05) is 0 Å². The quantitative estimate of drug-likeness (QED) is 0.310. The number of rotatable bonds is 8. The van der Waals surface area contributed by atoms with Gasteiger partial charge in [-0.15, -0.1) is 0 Å². The standard InChI is InChI=1S/C9H15FN3O12P3/c10-5-3-8(13-2-1-7(11)12-9(13)14)23-6(5)4-22-27(18,19)25-28(20,21)24-26(15,16)17/h1-2,5-6,8H,3-4H2,(H,18,19)(H,20,21)(H2,11,12,14)(H2,15,16,17)/t5-,6+,8+/m0/s1. The van der Waals surface area contributed by atoms with E-state index in [0.29, 0.717) is 0 Å². The molecule has 15 nitrogen and oxygen atoms in total. The van der Waals surface area contributed by atoms with E-state index in [1.807, 2.05) is 0 Å². The zero-order chi connectivity index (χ0) is 21.3. The predicted octanol–water partition coefficient (Wildman–Crippen LogP) is -0.206. The van der Waals surface area contributed by atoms with Gasteiger partial charge in [0.05, 0.1) is 6.61 Å². The van der Waals surface area contributed by atoms with Crippen molar-refractivity contribution >= 4 is 29.3 Å². The lowest BCUT2D eigenvalue weighted by molar-refractivity contribution is -0.0348. The highest BCUT2D eigenvalue weighted by Gasteiger charge is 2.43. The minimum atomic E-state index is -5.68. The molecule has 2 heterocycles. The molecule has 1 aromatic rings. The van der Waals surface area contributed by atoms with Gasteiger partial charge in [0.15, 0.2) is 0 Å². The molecule has 2 rings (SSSR count). The third kappa shape index (κ3) is 6.79. The topological polar surface area (TPSA) is 230 Å². The SMILES string of the molecule is Nc1ccn([C@H]2C[C@H](F)[C@@H](COP(=O)(O)OP(=O)(O)OP(=O)(O)O)O2)c(=O)n1. The first-order chi connectivity index (χ1) is 12.7. The summed E-state index contributed by atoms with van der Waals surface area (Å²) in [6.45, 7) is -0.974. The fourth-order valence-electron chi connectivity index (χ4n) is 2.13. The van der Waals surface area contributed by atoms with E-state index in [1.165, 1.54) is 12.3 Å². The van der Waals surface area contributed by atoms with Gasteiger partial charge in [0.1, 0.15) is 24.3 Å². The number of halogens is 1. The Morgan fingerprint density at radius 2 is 1.89 bits per heavy atom. The van der Waals surface area contributed by atoms with Crippen LogP contribution in [0.2, 0.25) is 0 Å². The maximum absolute atomic E-state index is 14.1. The molecule has 0 radical (unpaired) electrons. The molecule has 1 fully saturated rings. The molecule has 28 heavy (non-hydrogen) atoms. The van der Waals surface area contributed by atoms with Crippen LogP contribution in [0.25, 0.3) is 0 Å². The van der Waals surface area contributed by atoms with E-state index in [2.05, 4.69) is 18.1 Å². The summed E-state index contributed by atoms with van der Waals surface area (Å²) in [4.78, 5) is 50.4. The van der Waals surface area contributed by atoms with Crippen molar-refractivity contribution in [3.63, 3.8) is 0 Å². The Morgan fingerprint density at radius 3 is 2.46 bits per heavy atom. The summed E-state index contributed by atoms with van der Waals surface area (Å²) >= 11 is 0. The number of hydrogen-bond acceptors (Lipinski definition) is 10. The van der Waals surface area contributed by atoms with Crippen molar-refractivity contribution in [3.05, 3.63) is 22.7 Å². The molecular weight excluding hydrogens is 454 g/mol. The molecule has 1 saturated heterocycles. The molecule has 5 atom stereocenters. The second kappa shape index (κ2) is 8.38. The van der Waals surface area contributed by atoms with Gasteiger partial charge in [-0.25, -0.2) is 22.9 Å². The fourth-order valence-corrected chi connectivity index (χ4v) is 5.16.